The van der Waals surface area contributed by atoms with Gasteiger partial charge in [0.05, 0.1) is 19.1 Å². The van der Waals surface area contributed by atoms with Gasteiger partial charge >= 0.3 is 12.0 Å². The van der Waals surface area contributed by atoms with Crippen molar-refractivity contribution in [3.05, 3.63) is 0 Å². The molecule has 0 saturated carbocycles. The first-order valence-electron chi connectivity index (χ1n) is 6.37. The van der Waals surface area contributed by atoms with E-state index in [1.54, 1.807) is 18.9 Å². The smallest absolute Gasteiger partial charge is 0.317 e. The minimum Gasteiger partial charge on any atom is -0.466 e. The summed E-state index contributed by atoms with van der Waals surface area (Å²) in [7, 11) is 1.59. The predicted molar refractivity (Wildman–Crippen MR) is 66.2 cm³/mol. The monoisotopic (exact) mass is 258 g/mol. The molecule has 1 aliphatic rings. The number of rotatable bonds is 5. The number of ether oxygens (including phenoxy) is 2. The number of amides is 2. The van der Waals surface area contributed by atoms with Crippen LogP contribution < -0.4 is 5.32 Å². The highest BCUT2D eigenvalue weighted by Crippen LogP contribution is 2.18. The van der Waals surface area contributed by atoms with Gasteiger partial charge in [-0.05, 0) is 19.8 Å². The molecule has 1 fully saturated rings. The SMILES string of the molecule is CCOC(=O)C1CCN(C(=O)NCCOC)CC1. The number of carbonyl (C=O) groups is 2. The standard InChI is InChI=1S/C12H22N2O4/c1-3-18-11(15)10-4-7-14(8-5-10)12(16)13-6-9-17-2/h10H,3-9H2,1-2H3,(H,13,16). The Bertz CT molecular complexity index is 275. The van der Waals surface area contributed by atoms with Gasteiger partial charge in [0.25, 0.3) is 0 Å². The lowest BCUT2D eigenvalue weighted by molar-refractivity contribution is -0.149. The summed E-state index contributed by atoms with van der Waals surface area (Å²) in [6.45, 7) is 4.43. The average Bonchev–Trinajstić information content (AvgIpc) is 2.39. The molecule has 0 bridgehead atoms. The molecule has 0 radical (unpaired) electrons. The van der Waals surface area contributed by atoms with Gasteiger partial charge in [-0.15, -0.1) is 0 Å². The zero-order valence-corrected chi connectivity index (χ0v) is 11.1. The Morgan fingerprint density at radius 3 is 2.56 bits per heavy atom. The van der Waals surface area contributed by atoms with Crippen LogP contribution in [0.5, 0.6) is 0 Å². The molecule has 0 aromatic rings. The number of nitrogens with one attached hydrogen (secondary N) is 1. The number of methoxy groups -OCH3 is 1. The zero-order chi connectivity index (χ0) is 13.4. The summed E-state index contributed by atoms with van der Waals surface area (Å²) in [5.41, 5.74) is 0. The summed E-state index contributed by atoms with van der Waals surface area (Å²) < 4.78 is 9.84. The number of carbonyl (C=O) groups excluding carboxylic acids is 2. The summed E-state index contributed by atoms with van der Waals surface area (Å²) in [5, 5.41) is 2.77. The van der Waals surface area contributed by atoms with Crippen LogP contribution >= 0.6 is 0 Å². The van der Waals surface area contributed by atoms with Gasteiger partial charge in [0, 0.05) is 26.7 Å². The highest BCUT2D eigenvalue weighted by atomic mass is 16.5. The molecule has 1 saturated heterocycles. The number of likely N-dealkylation sites (tertiary alicyclic amines) is 1. The van der Waals surface area contributed by atoms with Crippen LogP contribution in [0.4, 0.5) is 4.79 Å². The van der Waals surface area contributed by atoms with Crippen molar-refractivity contribution in [1.82, 2.24) is 10.2 Å². The van der Waals surface area contributed by atoms with Crippen LogP contribution in [0.2, 0.25) is 0 Å². The number of hydrogen-bond donors (Lipinski definition) is 1. The fourth-order valence-electron chi connectivity index (χ4n) is 1.95. The first-order valence-corrected chi connectivity index (χ1v) is 6.37. The molecule has 0 aliphatic carbocycles. The van der Waals surface area contributed by atoms with Gasteiger partial charge in [-0.3, -0.25) is 4.79 Å². The van der Waals surface area contributed by atoms with E-state index in [-0.39, 0.29) is 17.9 Å². The maximum absolute atomic E-state index is 11.7. The Morgan fingerprint density at radius 1 is 1.33 bits per heavy atom. The van der Waals surface area contributed by atoms with Crippen LogP contribution in [0.15, 0.2) is 0 Å². The van der Waals surface area contributed by atoms with Crippen molar-refractivity contribution in [2.24, 2.45) is 5.92 Å². The van der Waals surface area contributed by atoms with Crippen LogP contribution in [-0.2, 0) is 14.3 Å². The molecule has 1 heterocycles. The van der Waals surface area contributed by atoms with E-state index in [2.05, 4.69) is 5.32 Å². The molecule has 6 heteroatoms. The number of esters is 1. The van der Waals surface area contributed by atoms with Crippen molar-refractivity contribution in [1.29, 1.82) is 0 Å². The summed E-state index contributed by atoms with van der Waals surface area (Å²) in [6.07, 6.45) is 1.35. The van der Waals surface area contributed by atoms with Gasteiger partial charge in [-0.25, -0.2) is 4.79 Å². The fraction of sp³-hybridized carbons (Fsp3) is 0.833. The van der Waals surface area contributed by atoms with Gasteiger partial charge < -0.3 is 19.7 Å². The lowest BCUT2D eigenvalue weighted by Crippen LogP contribution is -2.46. The molecule has 104 valence electrons. The Kier molecular flexibility index (Phi) is 6.49. The third-order valence-electron chi connectivity index (χ3n) is 2.98. The quantitative estimate of drug-likeness (QED) is 0.580. The van der Waals surface area contributed by atoms with Crippen molar-refractivity contribution in [2.75, 3.05) is 40.0 Å². The molecule has 0 atom stereocenters. The number of hydrogen-bond acceptors (Lipinski definition) is 4. The van der Waals surface area contributed by atoms with Crippen LogP contribution in [0, 0.1) is 5.92 Å². The Balaban J connectivity index is 2.26. The van der Waals surface area contributed by atoms with Crippen LogP contribution in [0.25, 0.3) is 0 Å². The first-order chi connectivity index (χ1) is 8.69. The lowest BCUT2D eigenvalue weighted by Gasteiger charge is -2.30. The van der Waals surface area contributed by atoms with Crippen LogP contribution in [-0.4, -0.2) is 56.9 Å². The third-order valence-corrected chi connectivity index (χ3v) is 2.98. The molecule has 18 heavy (non-hydrogen) atoms. The van der Waals surface area contributed by atoms with Crippen molar-refractivity contribution < 1.29 is 19.1 Å². The third kappa shape index (κ3) is 4.52. The average molecular weight is 258 g/mol. The molecule has 0 aromatic heterocycles. The van der Waals surface area contributed by atoms with Crippen molar-refractivity contribution in [3.63, 3.8) is 0 Å². The van der Waals surface area contributed by atoms with E-state index in [4.69, 9.17) is 9.47 Å². The normalized spacial score (nSPS) is 16.4. The highest BCUT2D eigenvalue weighted by Gasteiger charge is 2.27. The molecule has 1 rings (SSSR count). The van der Waals surface area contributed by atoms with Crippen LogP contribution in [0.1, 0.15) is 19.8 Å². The Morgan fingerprint density at radius 2 is 2.00 bits per heavy atom. The van der Waals surface area contributed by atoms with Crippen LogP contribution in [0.3, 0.4) is 0 Å². The molecule has 1 aliphatic heterocycles. The van der Waals surface area contributed by atoms with Gasteiger partial charge in [0.15, 0.2) is 0 Å². The molecular formula is C12H22N2O4. The molecular weight excluding hydrogens is 236 g/mol. The minimum absolute atomic E-state index is 0.0621. The van der Waals surface area contributed by atoms with E-state index < -0.39 is 0 Å². The number of urea groups is 1. The molecule has 0 unspecified atom stereocenters. The van der Waals surface area contributed by atoms with Gasteiger partial charge in [0.1, 0.15) is 0 Å². The predicted octanol–water partition coefficient (Wildman–Crippen LogP) is 0.617. The summed E-state index contributed by atoms with van der Waals surface area (Å²) >= 11 is 0. The maximum atomic E-state index is 11.7. The maximum Gasteiger partial charge on any atom is 0.317 e. The molecule has 0 aromatic carbocycles. The van der Waals surface area contributed by atoms with Gasteiger partial charge in [-0.1, -0.05) is 0 Å². The van der Waals surface area contributed by atoms with E-state index in [0.29, 0.717) is 45.7 Å². The van der Waals surface area contributed by atoms with E-state index in [0.717, 1.165) is 0 Å². The molecule has 6 nitrogen and oxygen atoms in total. The highest BCUT2D eigenvalue weighted by molar-refractivity contribution is 5.76. The number of nitrogens with zero attached hydrogens (tertiary/aromatic N) is 1. The summed E-state index contributed by atoms with van der Waals surface area (Å²) in [4.78, 5) is 25.0. The molecule has 1 N–H and O–H groups in total. The van der Waals surface area contributed by atoms with Crippen molar-refractivity contribution in [2.45, 2.75) is 19.8 Å². The van der Waals surface area contributed by atoms with Gasteiger partial charge in [0.2, 0.25) is 0 Å². The second-order valence-electron chi connectivity index (χ2n) is 4.24. The topological polar surface area (TPSA) is 67.9 Å². The van der Waals surface area contributed by atoms with E-state index in [1.807, 2.05) is 0 Å². The zero-order valence-electron chi connectivity index (χ0n) is 11.1. The second-order valence-corrected chi connectivity index (χ2v) is 4.24. The molecule has 0 spiro atoms. The molecule has 2 amide bonds. The van der Waals surface area contributed by atoms with E-state index >= 15 is 0 Å². The second kappa shape index (κ2) is 7.92. The van der Waals surface area contributed by atoms with Gasteiger partial charge in [-0.2, -0.15) is 0 Å². The summed E-state index contributed by atoms with van der Waals surface area (Å²) in [6, 6.07) is -0.0886. The van der Waals surface area contributed by atoms with E-state index in [9.17, 15) is 9.59 Å². The van der Waals surface area contributed by atoms with Crippen molar-refractivity contribution in [3.8, 4) is 0 Å². The first kappa shape index (κ1) is 14.8. The fourth-order valence-corrected chi connectivity index (χ4v) is 1.95. The Hall–Kier alpha value is -1.30. The Labute approximate surface area is 108 Å². The van der Waals surface area contributed by atoms with E-state index in [1.165, 1.54) is 0 Å². The van der Waals surface area contributed by atoms with Crippen molar-refractivity contribution >= 4 is 12.0 Å². The minimum atomic E-state index is -0.142. The summed E-state index contributed by atoms with van der Waals surface area (Å²) in [5.74, 6) is -0.204. The largest absolute Gasteiger partial charge is 0.466 e. The lowest BCUT2D eigenvalue weighted by atomic mass is 9.97. The number of piperidine rings is 1.